The Kier molecular flexibility index (Phi) is 7.10. The van der Waals surface area contributed by atoms with Gasteiger partial charge in [-0.3, -0.25) is 9.59 Å². The predicted octanol–water partition coefficient (Wildman–Crippen LogP) is 5.33. The van der Waals surface area contributed by atoms with Crippen LogP contribution in [0.5, 0.6) is 5.75 Å². The molecule has 0 aromatic heterocycles. The van der Waals surface area contributed by atoms with E-state index in [2.05, 4.69) is 12.1 Å². The van der Waals surface area contributed by atoms with Crippen molar-refractivity contribution in [1.82, 2.24) is 4.90 Å². The minimum Gasteiger partial charge on any atom is -0.489 e. The zero-order valence-electron chi connectivity index (χ0n) is 19.9. The number of halogens is 1. The highest BCUT2D eigenvalue weighted by atomic mass is 19.1. The monoisotopic (exact) mass is 457 g/mol. The van der Waals surface area contributed by atoms with Gasteiger partial charge in [0.1, 0.15) is 12.4 Å². The molecule has 4 fully saturated rings. The summed E-state index contributed by atoms with van der Waals surface area (Å²) in [5, 5.41) is 0. The highest BCUT2D eigenvalue weighted by Gasteiger charge is 2.54. The molecule has 5 rings (SSSR count). The Morgan fingerprint density at radius 1 is 1.06 bits per heavy atom. The number of ether oxygens (including phenoxy) is 2. The van der Waals surface area contributed by atoms with Crippen LogP contribution in [0.4, 0.5) is 4.39 Å². The molecule has 1 saturated heterocycles. The van der Waals surface area contributed by atoms with Crippen LogP contribution < -0.4 is 4.74 Å². The first kappa shape index (κ1) is 23.8. The number of piperidine rings is 1. The zero-order valence-corrected chi connectivity index (χ0v) is 19.9. The van der Waals surface area contributed by atoms with E-state index < -0.39 is 0 Å². The normalized spacial score (nSPS) is 28.0. The van der Waals surface area contributed by atoms with Gasteiger partial charge in [0, 0.05) is 18.5 Å². The summed E-state index contributed by atoms with van der Waals surface area (Å²) in [7, 11) is 1.43. The van der Waals surface area contributed by atoms with Crippen LogP contribution in [-0.2, 0) is 19.7 Å². The zero-order chi connectivity index (χ0) is 23.5. The molecule has 1 aliphatic heterocycles. The molecule has 3 saturated carbocycles. The van der Waals surface area contributed by atoms with Gasteiger partial charge >= 0.3 is 5.97 Å². The molecule has 180 valence electrons. The number of nitrogens with zero attached hydrogens (tertiary/aromatic N) is 1. The number of likely N-dealkylation sites (tertiary alicyclic amines) is 1. The third-order valence-corrected chi connectivity index (χ3v) is 8.52. The van der Waals surface area contributed by atoms with E-state index in [9.17, 15) is 14.0 Å². The summed E-state index contributed by atoms with van der Waals surface area (Å²) < 4.78 is 23.4. The van der Waals surface area contributed by atoms with Gasteiger partial charge in [0.25, 0.3) is 0 Å². The molecule has 0 N–H and O–H groups in total. The Bertz CT molecular complexity index is 861. The van der Waals surface area contributed by atoms with Gasteiger partial charge in [-0.2, -0.15) is 0 Å². The fraction of sp³-hybridized carbons (Fsp3) is 0.630. The topological polar surface area (TPSA) is 55.8 Å². The van der Waals surface area contributed by atoms with E-state index in [1.807, 2.05) is 24.0 Å². The Balaban J connectivity index is 1.35. The van der Waals surface area contributed by atoms with Gasteiger partial charge in [-0.25, -0.2) is 4.39 Å². The Labute approximate surface area is 196 Å². The Hall–Kier alpha value is -2.37. The van der Waals surface area contributed by atoms with Crippen molar-refractivity contribution >= 4 is 11.9 Å². The molecule has 0 radical (unpaired) electrons. The summed E-state index contributed by atoms with van der Waals surface area (Å²) in [5.41, 5.74) is 1.89. The van der Waals surface area contributed by atoms with Crippen molar-refractivity contribution in [3.63, 3.8) is 0 Å². The van der Waals surface area contributed by atoms with E-state index in [0.717, 1.165) is 44.3 Å². The van der Waals surface area contributed by atoms with Crippen molar-refractivity contribution in [1.29, 1.82) is 0 Å². The van der Waals surface area contributed by atoms with Crippen molar-refractivity contribution in [2.24, 2.45) is 11.3 Å². The Morgan fingerprint density at radius 2 is 1.67 bits per heavy atom. The minimum absolute atomic E-state index is 0.0737. The maximum absolute atomic E-state index is 13.5. The Morgan fingerprint density at radius 3 is 2.18 bits per heavy atom. The first-order valence-electron chi connectivity index (χ1n) is 12.3. The second kappa shape index (κ2) is 9.86. The molecule has 5 nitrogen and oxygen atoms in total. The molecule has 33 heavy (non-hydrogen) atoms. The van der Waals surface area contributed by atoms with Crippen LogP contribution in [0.25, 0.3) is 0 Å². The van der Waals surface area contributed by atoms with Crippen LogP contribution in [0.15, 0.2) is 36.2 Å². The summed E-state index contributed by atoms with van der Waals surface area (Å²) in [6, 6.07) is 8.28. The smallest absolute Gasteiger partial charge is 0.308 e. The van der Waals surface area contributed by atoms with Crippen molar-refractivity contribution in [3.8, 4) is 5.75 Å². The van der Waals surface area contributed by atoms with E-state index in [4.69, 9.17) is 9.47 Å². The van der Waals surface area contributed by atoms with E-state index >= 15 is 0 Å². The predicted molar refractivity (Wildman–Crippen MR) is 125 cm³/mol. The van der Waals surface area contributed by atoms with Crippen LogP contribution >= 0.6 is 0 Å². The number of fused-ring (bicyclic) bond motifs is 3. The number of hydrogen-bond acceptors (Lipinski definition) is 4. The number of amides is 1. The van der Waals surface area contributed by atoms with Crippen LogP contribution in [0, 0.1) is 11.3 Å². The summed E-state index contributed by atoms with van der Waals surface area (Å²) in [6.45, 7) is 3.51. The molecular formula is C27H36FNO4. The lowest BCUT2D eigenvalue weighted by Gasteiger charge is -2.54. The van der Waals surface area contributed by atoms with Gasteiger partial charge < -0.3 is 14.4 Å². The second-order valence-corrected chi connectivity index (χ2v) is 10.1. The quantitative estimate of drug-likeness (QED) is 0.519. The lowest BCUT2D eigenvalue weighted by molar-refractivity contribution is -0.155. The van der Waals surface area contributed by atoms with Crippen molar-refractivity contribution in [3.05, 3.63) is 41.7 Å². The van der Waals surface area contributed by atoms with Crippen LogP contribution in [-0.4, -0.2) is 43.6 Å². The summed E-state index contributed by atoms with van der Waals surface area (Å²) in [4.78, 5) is 27.3. The third kappa shape index (κ3) is 4.67. The van der Waals surface area contributed by atoms with Gasteiger partial charge in [-0.05, 0) is 86.5 Å². The number of benzene rings is 1. The molecule has 0 spiro atoms. The molecule has 0 atom stereocenters. The number of esters is 1. The highest BCUT2D eigenvalue weighted by Crippen LogP contribution is 2.58. The van der Waals surface area contributed by atoms with Crippen LogP contribution in [0.3, 0.4) is 0 Å². The average molecular weight is 458 g/mol. The number of rotatable bonds is 7. The fourth-order valence-electron chi connectivity index (χ4n) is 6.05. The molecule has 0 unspecified atom stereocenters. The van der Waals surface area contributed by atoms with Gasteiger partial charge in [-0.15, -0.1) is 0 Å². The maximum Gasteiger partial charge on any atom is 0.308 e. The fourth-order valence-corrected chi connectivity index (χ4v) is 6.05. The lowest BCUT2D eigenvalue weighted by Crippen LogP contribution is -2.54. The van der Waals surface area contributed by atoms with Crippen LogP contribution in [0.1, 0.15) is 70.3 Å². The van der Waals surface area contributed by atoms with E-state index in [1.54, 1.807) is 0 Å². The second-order valence-electron chi connectivity index (χ2n) is 10.1. The van der Waals surface area contributed by atoms with Crippen LogP contribution in [0.2, 0.25) is 0 Å². The molecule has 1 amide bonds. The molecule has 4 aliphatic rings. The third-order valence-electron chi connectivity index (χ3n) is 8.52. The average Bonchev–Trinajstić information content (AvgIpc) is 2.90. The number of methoxy groups -OCH3 is 1. The highest BCUT2D eigenvalue weighted by molar-refractivity contribution is 5.84. The first-order valence-corrected chi connectivity index (χ1v) is 12.3. The molecule has 1 aromatic rings. The molecule has 1 aromatic carbocycles. The number of hydrogen-bond donors (Lipinski definition) is 0. The van der Waals surface area contributed by atoms with E-state index in [0.29, 0.717) is 50.2 Å². The molecular weight excluding hydrogens is 421 g/mol. The lowest BCUT2D eigenvalue weighted by atomic mass is 9.51. The maximum atomic E-state index is 13.5. The summed E-state index contributed by atoms with van der Waals surface area (Å²) in [6.07, 6.45) is 8.56. The van der Waals surface area contributed by atoms with Gasteiger partial charge in [-0.1, -0.05) is 19.1 Å². The van der Waals surface area contributed by atoms with E-state index in [1.165, 1.54) is 12.7 Å². The van der Waals surface area contributed by atoms with Crippen molar-refractivity contribution < 1.29 is 23.5 Å². The molecule has 3 aliphatic carbocycles. The number of carbonyl (C=O) groups excluding carboxylic acids is 2. The molecule has 6 heteroatoms. The largest absolute Gasteiger partial charge is 0.489 e. The van der Waals surface area contributed by atoms with Gasteiger partial charge in [0.15, 0.2) is 0 Å². The minimum atomic E-state index is -0.224. The van der Waals surface area contributed by atoms with Crippen molar-refractivity contribution in [2.75, 3.05) is 26.8 Å². The SMILES string of the molecule is CC/C(=C\F)COc1ccc(C23CCC(C(=O)N4CCC(C(=O)OC)CC4)(CC2)CC3)cc1. The van der Waals surface area contributed by atoms with Gasteiger partial charge in [0.05, 0.1) is 19.4 Å². The number of carbonyl (C=O) groups is 2. The van der Waals surface area contributed by atoms with E-state index in [-0.39, 0.29) is 29.3 Å². The van der Waals surface area contributed by atoms with Crippen molar-refractivity contribution in [2.45, 2.75) is 70.1 Å². The summed E-state index contributed by atoms with van der Waals surface area (Å²) in [5.74, 6) is 0.835. The first-order chi connectivity index (χ1) is 15.9. The standard InChI is InChI=1S/C27H36FNO4/c1-3-20(18-28)19-33-23-6-4-22(5-7-23)26-10-13-27(14-11-26,15-12-26)25(31)29-16-8-21(9-17-29)24(30)32-2/h4-7,18,21H,3,8-17,19H2,1-2H3/b20-18+. The molecule has 2 bridgehead atoms. The van der Waals surface area contributed by atoms with Gasteiger partial charge in [0.2, 0.25) is 5.91 Å². The molecule has 1 heterocycles. The summed E-state index contributed by atoms with van der Waals surface area (Å²) >= 11 is 0.